The van der Waals surface area contributed by atoms with Gasteiger partial charge >= 0.3 is 0 Å². The van der Waals surface area contributed by atoms with Crippen molar-refractivity contribution in [3.05, 3.63) is 89.5 Å². The van der Waals surface area contributed by atoms with E-state index in [1.807, 2.05) is 6.92 Å². The maximum atomic E-state index is 13.0. The topological polar surface area (TPSA) is 113 Å². The summed E-state index contributed by atoms with van der Waals surface area (Å²) in [4.78, 5) is 0.284. The monoisotopic (exact) mass is 542 g/mol. The van der Waals surface area contributed by atoms with Crippen LogP contribution in [0.5, 0.6) is 5.75 Å². The fourth-order valence-electron chi connectivity index (χ4n) is 3.50. The summed E-state index contributed by atoms with van der Waals surface area (Å²) in [6, 6.07) is 18.5. The van der Waals surface area contributed by atoms with Crippen molar-refractivity contribution in [1.82, 2.24) is 9.79 Å². The summed E-state index contributed by atoms with van der Waals surface area (Å²) in [5, 5.41) is 11.1. The van der Waals surface area contributed by atoms with Gasteiger partial charge in [0.2, 0.25) is 10.0 Å². The lowest BCUT2D eigenvalue weighted by Crippen LogP contribution is -2.28. The third-order valence-electron chi connectivity index (χ3n) is 5.66. The smallest absolute Gasteiger partial charge is 0.240 e. The molecule has 0 aliphatic heterocycles. The molecule has 0 fully saturated rings. The van der Waals surface area contributed by atoms with Crippen molar-refractivity contribution in [3.63, 3.8) is 0 Å². The quantitative estimate of drug-likeness (QED) is 0.281. The van der Waals surface area contributed by atoms with Gasteiger partial charge in [-0.05, 0) is 61.4 Å². The van der Waals surface area contributed by atoms with Crippen molar-refractivity contribution in [1.29, 1.82) is 0 Å². The molecule has 0 aromatic heterocycles. The molecule has 8 nitrogen and oxygen atoms in total. The van der Waals surface area contributed by atoms with E-state index in [0.29, 0.717) is 16.9 Å². The molecule has 0 spiro atoms. The van der Waals surface area contributed by atoms with E-state index in [-0.39, 0.29) is 28.7 Å². The number of ether oxygens (including phenoxy) is 1. The Morgan fingerprint density at radius 3 is 2.08 bits per heavy atom. The van der Waals surface area contributed by atoms with E-state index >= 15 is 0 Å². The Morgan fingerprint density at radius 2 is 1.51 bits per heavy atom. The normalized spacial score (nSPS) is 12.6. The molecular weight excluding hydrogens is 512 g/mol. The van der Waals surface area contributed by atoms with E-state index in [2.05, 4.69) is 16.6 Å². The van der Waals surface area contributed by atoms with Gasteiger partial charge in [0.25, 0.3) is 0 Å². The summed E-state index contributed by atoms with van der Waals surface area (Å²) >= 11 is 0. The lowest BCUT2D eigenvalue weighted by atomic mass is 10.1. The van der Waals surface area contributed by atoms with Crippen LogP contribution in [0.4, 0.5) is 0 Å². The third kappa shape index (κ3) is 7.89. The molecule has 0 bridgehead atoms. The molecular formula is C27H30N2O6S2. The number of sulfonamides is 1. The maximum absolute atomic E-state index is 13.0. The van der Waals surface area contributed by atoms with Gasteiger partial charge < -0.3 is 9.94 Å². The highest BCUT2D eigenvalue weighted by Crippen LogP contribution is 2.25. The van der Waals surface area contributed by atoms with Gasteiger partial charge in [-0.1, -0.05) is 47.9 Å². The first-order valence-electron chi connectivity index (χ1n) is 11.4. The minimum atomic E-state index is -3.74. The van der Waals surface area contributed by atoms with E-state index in [0.717, 1.165) is 10.6 Å². The maximum Gasteiger partial charge on any atom is 0.240 e. The van der Waals surface area contributed by atoms with Crippen molar-refractivity contribution >= 4 is 19.9 Å². The lowest BCUT2D eigenvalue weighted by molar-refractivity contribution is -0.0973. The zero-order valence-corrected chi connectivity index (χ0v) is 22.5. The fourth-order valence-corrected chi connectivity index (χ4v) is 6.08. The summed E-state index contributed by atoms with van der Waals surface area (Å²) in [5.41, 5.74) is 2.21. The van der Waals surface area contributed by atoms with E-state index in [4.69, 9.17) is 4.74 Å². The van der Waals surface area contributed by atoms with Crippen molar-refractivity contribution in [2.24, 2.45) is 0 Å². The predicted molar refractivity (Wildman–Crippen MR) is 141 cm³/mol. The second kappa shape index (κ2) is 12.4. The summed E-state index contributed by atoms with van der Waals surface area (Å²) in [5.74, 6) is 5.63. The molecule has 0 aliphatic rings. The standard InChI is InChI=1S/C27H30N2O6S2/c1-4-5-18-35-24-12-16-25(17-13-24)36(31,32)20-27(29(3)30)23-10-8-22(9-11-23)19-28-37(33,34)26-14-6-21(2)7-15-26/h6-17,27-28,30H,18-20H2,1-3H3. The molecule has 37 heavy (non-hydrogen) atoms. The number of hydrogen-bond donors (Lipinski definition) is 2. The summed E-state index contributed by atoms with van der Waals surface area (Å²) < 4.78 is 59.1. The van der Waals surface area contributed by atoms with Gasteiger partial charge in [-0.3, -0.25) is 0 Å². The van der Waals surface area contributed by atoms with Gasteiger partial charge in [0.1, 0.15) is 12.4 Å². The van der Waals surface area contributed by atoms with Crippen LogP contribution >= 0.6 is 0 Å². The van der Waals surface area contributed by atoms with Crippen LogP contribution in [0.15, 0.2) is 82.6 Å². The molecule has 1 atom stereocenters. The molecule has 196 valence electrons. The van der Waals surface area contributed by atoms with Gasteiger partial charge in [-0.25, -0.2) is 21.6 Å². The zero-order chi connectivity index (χ0) is 27.1. The number of nitrogens with one attached hydrogen (secondary N) is 1. The van der Waals surface area contributed by atoms with Gasteiger partial charge in [-0.2, -0.15) is 5.06 Å². The highest BCUT2D eigenvalue weighted by Gasteiger charge is 2.25. The van der Waals surface area contributed by atoms with E-state index in [1.165, 1.54) is 19.2 Å². The van der Waals surface area contributed by atoms with Gasteiger partial charge in [0.05, 0.1) is 21.6 Å². The zero-order valence-electron chi connectivity index (χ0n) is 20.9. The van der Waals surface area contributed by atoms with Crippen molar-refractivity contribution in [2.45, 2.75) is 36.2 Å². The number of aryl methyl sites for hydroxylation is 1. The number of sulfone groups is 1. The molecule has 1 unspecified atom stereocenters. The number of hydroxylamine groups is 2. The van der Waals surface area contributed by atoms with Gasteiger partial charge in [0.15, 0.2) is 9.84 Å². The minimum absolute atomic E-state index is 0.0622. The van der Waals surface area contributed by atoms with Crippen molar-refractivity contribution in [2.75, 3.05) is 19.4 Å². The SMILES string of the molecule is CC#CCOc1ccc(S(=O)(=O)CC(c2ccc(CNS(=O)(=O)c3ccc(C)cc3)cc2)N(C)O)cc1. The summed E-state index contributed by atoms with van der Waals surface area (Å²) in [6.45, 7) is 3.86. The number of rotatable bonds is 11. The molecule has 10 heteroatoms. The molecule has 3 aromatic carbocycles. The molecule has 3 rings (SSSR count). The second-order valence-electron chi connectivity index (χ2n) is 8.44. The third-order valence-corrected chi connectivity index (χ3v) is 8.82. The van der Waals surface area contributed by atoms with Gasteiger partial charge in [-0.15, -0.1) is 5.92 Å². The Kier molecular flexibility index (Phi) is 9.48. The van der Waals surface area contributed by atoms with Crippen LogP contribution in [0.3, 0.4) is 0 Å². The first kappa shape index (κ1) is 28.4. The minimum Gasteiger partial charge on any atom is -0.481 e. The molecule has 0 heterocycles. The highest BCUT2D eigenvalue weighted by atomic mass is 32.2. The second-order valence-corrected chi connectivity index (χ2v) is 12.2. The first-order chi connectivity index (χ1) is 17.5. The summed E-state index contributed by atoms with van der Waals surface area (Å²) in [7, 11) is -6.03. The fraction of sp³-hybridized carbons (Fsp3) is 0.259. The van der Waals surface area contributed by atoms with E-state index in [1.54, 1.807) is 67.6 Å². The number of hydrogen-bond acceptors (Lipinski definition) is 7. The number of benzene rings is 3. The van der Waals surface area contributed by atoms with Crippen LogP contribution in [0.2, 0.25) is 0 Å². The van der Waals surface area contributed by atoms with Crippen molar-refractivity contribution < 1.29 is 26.8 Å². The Morgan fingerprint density at radius 1 is 0.919 bits per heavy atom. The Labute approximate surface area is 218 Å². The molecule has 0 saturated carbocycles. The molecule has 0 radical (unpaired) electrons. The Balaban J connectivity index is 1.69. The molecule has 0 amide bonds. The Hall–Kier alpha value is -3.20. The van der Waals surface area contributed by atoms with Crippen LogP contribution < -0.4 is 9.46 Å². The van der Waals surface area contributed by atoms with Crippen LogP contribution in [0, 0.1) is 18.8 Å². The molecule has 0 aliphatic carbocycles. The van der Waals surface area contributed by atoms with Crippen LogP contribution in [0.25, 0.3) is 0 Å². The molecule has 0 saturated heterocycles. The van der Waals surface area contributed by atoms with Gasteiger partial charge in [0, 0.05) is 13.6 Å². The van der Waals surface area contributed by atoms with Crippen LogP contribution in [0.1, 0.15) is 29.7 Å². The summed E-state index contributed by atoms with van der Waals surface area (Å²) in [6.07, 6.45) is 0. The first-order valence-corrected chi connectivity index (χ1v) is 14.6. The predicted octanol–water partition coefficient (Wildman–Crippen LogP) is 3.71. The Bertz CT molecular complexity index is 1460. The van der Waals surface area contributed by atoms with Crippen LogP contribution in [-0.2, 0) is 26.4 Å². The average molecular weight is 543 g/mol. The lowest BCUT2D eigenvalue weighted by Gasteiger charge is -2.23. The highest BCUT2D eigenvalue weighted by molar-refractivity contribution is 7.91. The molecule has 3 aromatic rings. The van der Waals surface area contributed by atoms with Crippen molar-refractivity contribution in [3.8, 4) is 17.6 Å². The number of nitrogens with zero attached hydrogens (tertiary/aromatic N) is 1. The van der Waals surface area contributed by atoms with E-state index < -0.39 is 25.9 Å². The van der Waals surface area contributed by atoms with E-state index in [9.17, 15) is 22.0 Å². The van der Waals surface area contributed by atoms with Crippen LogP contribution in [-0.4, -0.2) is 46.5 Å². The molecule has 2 N–H and O–H groups in total. The average Bonchev–Trinajstić information content (AvgIpc) is 2.87. The largest absolute Gasteiger partial charge is 0.481 e.